The second-order valence-electron chi connectivity index (χ2n) is 6.20. The minimum Gasteiger partial charge on any atom is -0.464 e. The Morgan fingerprint density at radius 3 is 1.97 bits per heavy atom. The molecular formula is C24H19NO3S2. The Bertz CT molecular complexity index is 1030. The largest absolute Gasteiger partial charge is 0.464 e. The normalized spacial score (nSPS) is 10.2. The maximum atomic E-state index is 12.7. The van der Waals surface area contributed by atoms with Crippen molar-refractivity contribution in [2.75, 3.05) is 12.4 Å². The Morgan fingerprint density at radius 2 is 1.37 bits per heavy atom. The highest BCUT2D eigenvalue weighted by atomic mass is 32.2. The molecule has 150 valence electrons. The van der Waals surface area contributed by atoms with Crippen LogP contribution < -0.4 is 0 Å². The fraction of sp³-hybridized carbons (Fsp3) is 0.125. The van der Waals surface area contributed by atoms with Gasteiger partial charge in [-0.3, -0.25) is 9.59 Å². The Hall–Kier alpha value is -3.01. The van der Waals surface area contributed by atoms with Crippen molar-refractivity contribution in [3.63, 3.8) is 0 Å². The van der Waals surface area contributed by atoms with E-state index in [1.807, 2.05) is 54.6 Å². The summed E-state index contributed by atoms with van der Waals surface area (Å²) in [7, 11) is 0. The van der Waals surface area contributed by atoms with E-state index >= 15 is 0 Å². The lowest BCUT2D eigenvalue weighted by Crippen LogP contribution is -2.06. The predicted octanol–water partition coefficient (Wildman–Crippen LogP) is 5.62. The molecule has 0 aliphatic rings. The average molecular weight is 434 g/mol. The van der Waals surface area contributed by atoms with Gasteiger partial charge in [0.25, 0.3) is 0 Å². The molecule has 0 fully saturated rings. The molecule has 0 heterocycles. The zero-order chi connectivity index (χ0) is 21.2. The first-order chi connectivity index (χ1) is 14.7. The fourth-order valence-electron chi connectivity index (χ4n) is 2.60. The molecule has 3 aromatic rings. The van der Waals surface area contributed by atoms with Crippen molar-refractivity contribution in [1.29, 1.82) is 5.26 Å². The smallest absolute Gasteiger partial charge is 0.320 e. The first-order valence-electron chi connectivity index (χ1n) is 9.29. The van der Waals surface area contributed by atoms with Crippen LogP contribution in [0.2, 0.25) is 0 Å². The number of ketones is 1. The molecule has 0 atom stereocenters. The van der Waals surface area contributed by atoms with Crippen LogP contribution in [0.4, 0.5) is 0 Å². The van der Waals surface area contributed by atoms with Crippen molar-refractivity contribution in [2.24, 2.45) is 0 Å². The van der Waals surface area contributed by atoms with Crippen LogP contribution in [0.15, 0.2) is 93.5 Å². The van der Waals surface area contributed by atoms with E-state index < -0.39 is 5.97 Å². The van der Waals surface area contributed by atoms with Gasteiger partial charge in [-0.2, -0.15) is 5.26 Å². The number of rotatable bonds is 9. The quantitative estimate of drug-likeness (QED) is 0.189. The summed E-state index contributed by atoms with van der Waals surface area (Å²) in [5.41, 5.74) is 1.28. The first kappa shape index (κ1) is 21.7. The molecule has 0 spiro atoms. The van der Waals surface area contributed by atoms with Crippen molar-refractivity contribution in [3.05, 3.63) is 90.0 Å². The molecule has 0 bridgehead atoms. The maximum Gasteiger partial charge on any atom is 0.320 e. The van der Waals surface area contributed by atoms with Gasteiger partial charge in [0.1, 0.15) is 13.0 Å². The molecule has 4 nitrogen and oxygen atoms in total. The maximum absolute atomic E-state index is 12.7. The average Bonchev–Trinajstić information content (AvgIpc) is 2.78. The van der Waals surface area contributed by atoms with Crippen molar-refractivity contribution in [1.82, 2.24) is 0 Å². The van der Waals surface area contributed by atoms with E-state index in [0.717, 1.165) is 14.7 Å². The second-order valence-corrected chi connectivity index (χ2v) is 8.51. The summed E-state index contributed by atoms with van der Waals surface area (Å²) in [6.45, 7) is 0.249. The molecule has 0 unspecified atom stereocenters. The molecule has 0 N–H and O–H groups in total. The topological polar surface area (TPSA) is 67.2 Å². The van der Waals surface area contributed by atoms with Crippen molar-refractivity contribution >= 4 is 35.3 Å². The van der Waals surface area contributed by atoms with E-state index in [1.54, 1.807) is 30.0 Å². The molecular weight excluding hydrogens is 414 g/mol. The van der Waals surface area contributed by atoms with Crippen molar-refractivity contribution in [2.45, 2.75) is 21.1 Å². The van der Waals surface area contributed by atoms with Crippen LogP contribution in [-0.4, -0.2) is 24.1 Å². The number of nitriles is 1. The number of ether oxygens (including phenoxy) is 1. The van der Waals surface area contributed by atoms with Crippen LogP contribution in [0.5, 0.6) is 0 Å². The van der Waals surface area contributed by atoms with Gasteiger partial charge in [0.05, 0.1) is 6.07 Å². The third-order valence-corrected chi connectivity index (χ3v) is 6.04. The van der Waals surface area contributed by atoms with E-state index in [4.69, 9.17) is 10.00 Å². The summed E-state index contributed by atoms with van der Waals surface area (Å²) in [4.78, 5) is 27.1. The highest BCUT2D eigenvalue weighted by Gasteiger charge is 2.10. The van der Waals surface area contributed by atoms with Gasteiger partial charge in [-0.05, 0) is 60.7 Å². The standard InChI is InChI=1S/C24H19NO3S2/c25-15-14-23(26)28-16-17-29-20-10-6-18(7-11-20)24(27)19-8-12-22(13-9-19)30-21-4-2-1-3-5-21/h1-13H,14,16-17H2. The van der Waals surface area contributed by atoms with E-state index in [0.29, 0.717) is 16.9 Å². The van der Waals surface area contributed by atoms with Crippen LogP contribution in [0.1, 0.15) is 22.3 Å². The molecule has 0 amide bonds. The van der Waals surface area contributed by atoms with E-state index in [-0.39, 0.29) is 18.8 Å². The zero-order valence-corrected chi connectivity index (χ0v) is 17.7. The molecule has 3 rings (SSSR count). The van der Waals surface area contributed by atoms with Crippen molar-refractivity contribution in [3.8, 4) is 6.07 Å². The number of hydrogen-bond acceptors (Lipinski definition) is 6. The molecule has 0 saturated carbocycles. The molecule has 30 heavy (non-hydrogen) atoms. The van der Waals surface area contributed by atoms with Gasteiger partial charge in [-0.1, -0.05) is 30.0 Å². The van der Waals surface area contributed by atoms with Gasteiger partial charge in [-0.15, -0.1) is 11.8 Å². The minimum absolute atomic E-state index is 0.0201. The molecule has 0 aliphatic carbocycles. The lowest BCUT2D eigenvalue weighted by molar-refractivity contribution is -0.141. The summed E-state index contributed by atoms with van der Waals surface area (Å²) < 4.78 is 4.93. The lowest BCUT2D eigenvalue weighted by atomic mass is 10.0. The SMILES string of the molecule is N#CCC(=O)OCCSc1ccc(C(=O)c2ccc(Sc3ccccc3)cc2)cc1. The number of carbonyl (C=O) groups excluding carboxylic acids is 2. The van der Waals surface area contributed by atoms with E-state index in [2.05, 4.69) is 12.1 Å². The first-order valence-corrected chi connectivity index (χ1v) is 11.1. The van der Waals surface area contributed by atoms with Gasteiger partial charge in [0.2, 0.25) is 0 Å². The Morgan fingerprint density at radius 1 is 0.800 bits per heavy atom. The number of carbonyl (C=O) groups is 2. The van der Waals surface area contributed by atoms with Gasteiger partial charge < -0.3 is 4.74 Å². The summed E-state index contributed by atoms with van der Waals surface area (Å²) in [5.74, 6) is 0.0610. The molecule has 0 radical (unpaired) electrons. The highest BCUT2D eigenvalue weighted by molar-refractivity contribution is 7.99. The minimum atomic E-state index is -0.507. The molecule has 3 aromatic carbocycles. The van der Waals surface area contributed by atoms with Crippen LogP contribution in [0.25, 0.3) is 0 Å². The number of nitrogens with zero attached hydrogens (tertiary/aromatic N) is 1. The van der Waals surface area contributed by atoms with Crippen LogP contribution in [0.3, 0.4) is 0 Å². The van der Waals surface area contributed by atoms with Gasteiger partial charge >= 0.3 is 5.97 Å². The summed E-state index contributed by atoms with van der Waals surface area (Å²) in [6, 6.07) is 26.9. The molecule has 0 saturated heterocycles. The van der Waals surface area contributed by atoms with E-state index in [9.17, 15) is 9.59 Å². The van der Waals surface area contributed by atoms with E-state index in [1.165, 1.54) is 11.8 Å². The van der Waals surface area contributed by atoms with Gasteiger partial charge in [0.15, 0.2) is 5.78 Å². The summed E-state index contributed by atoms with van der Waals surface area (Å²) in [5, 5.41) is 8.41. The molecule has 0 aromatic heterocycles. The van der Waals surface area contributed by atoms with Crippen LogP contribution in [0, 0.1) is 11.3 Å². The predicted molar refractivity (Wildman–Crippen MR) is 119 cm³/mol. The Balaban J connectivity index is 1.52. The molecule has 6 heteroatoms. The van der Waals surface area contributed by atoms with Gasteiger partial charge in [0, 0.05) is 31.6 Å². The number of esters is 1. The highest BCUT2D eigenvalue weighted by Crippen LogP contribution is 2.28. The fourth-order valence-corrected chi connectivity index (χ4v) is 4.17. The monoisotopic (exact) mass is 433 g/mol. The third kappa shape index (κ3) is 6.51. The Kier molecular flexibility index (Phi) is 8.13. The second kappa shape index (κ2) is 11.2. The number of thioether (sulfide) groups is 1. The van der Waals surface area contributed by atoms with Crippen LogP contribution >= 0.6 is 23.5 Å². The lowest BCUT2D eigenvalue weighted by Gasteiger charge is -2.06. The van der Waals surface area contributed by atoms with Crippen molar-refractivity contribution < 1.29 is 14.3 Å². The number of hydrogen-bond donors (Lipinski definition) is 0. The van der Waals surface area contributed by atoms with Gasteiger partial charge in [-0.25, -0.2) is 0 Å². The zero-order valence-electron chi connectivity index (χ0n) is 16.1. The molecule has 0 aliphatic heterocycles. The summed E-state index contributed by atoms with van der Waals surface area (Å²) in [6.07, 6.45) is -0.229. The number of benzene rings is 3. The third-order valence-electron chi connectivity index (χ3n) is 4.05. The van der Waals surface area contributed by atoms with Crippen LogP contribution in [-0.2, 0) is 9.53 Å². The Labute approximate surface area is 184 Å². The summed E-state index contributed by atoms with van der Waals surface area (Å²) >= 11 is 3.18.